The number of carbonyl (C=O) groups is 5. The van der Waals surface area contributed by atoms with E-state index in [-0.39, 0.29) is 43.4 Å². The second kappa shape index (κ2) is 19.7. The van der Waals surface area contributed by atoms with Gasteiger partial charge in [0.15, 0.2) is 0 Å². The van der Waals surface area contributed by atoms with Crippen molar-refractivity contribution in [1.29, 1.82) is 0 Å². The fourth-order valence-electron chi connectivity index (χ4n) is 5.74. The first-order chi connectivity index (χ1) is 24.6. The molecule has 0 aliphatic carbocycles. The van der Waals surface area contributed by atoms with Gasteiger partial charge in [0.25, 0.3) is 5.91 Å². The number of fused-ring (bicyclic) bond motifs is 1. The molecule has 0 saturated carbocycles. The molecule has 5 N–H and O–H groups in total. The maximum Gasteiger partial charge on any atom is 0.255 e. The van der Waals surface area contributed by atoms with E-state index in [1.807, 2.05) is 68.4 Å². The summed E-state index contributed by atoms with van der Waals surface area (Å²) in [7, 11) is 1.60. The summed E-state index contributed by atoms with van der Waals surface area (Å²) in [6.07, 6.45) is 1.82. The molecule has 0 saturated heterocycles. The number of amides is 5. The van der Waals surface area contributed by atoms with E-state index >= 15 is 0 Å². The summed E-state index contributed by atoms with van der Waals surface area (Å²) in [5.41, 5.74) is 2.10. The number of methoxy groups -OCH3 is 1. The Morgan fingerprint density at radius 2 is 1.63 bits per heavy atom. The Balaban J connectivity index is 1.55. The van der Waals surface area contributed by atoms with Crippen LogP contribution in [0.4, 0.5) is 0 Å². The van der Waals surface area contributed by atoms with Gasteiger partial charge in [-0.15, -0.1) is 0 Å². The van der Waals surface area contributed by atoms with Crippen LogP contribution in [0.15, 0.2) is 78.9 Å². The van der Waals surface area contributed by atoms with Gasteiger partial charge in [0.1, 0.15) is 29.6 Å². The molecule has 1 aliphatic rings. The topological polar surface area (TPSA) is 164 Å². The Morgan fingerprint density at radius 3 is 2.39 bits per heavy atom. The molecule has 3 aromatic carbocycles. The first-order valence-corrected chi connectivity index (χ1v) is 17.5. The number of ether oxygens (including phenoxy) is 2. The molecular weight excluding hydrogens is 650 g/mol. The summed E-state index contributed by atoms with van der Waals surface area (Å²) < 4.78 is 11.2. The lowest BCUT2D eigenvalue weighted by Gasteiger charge is -2.25. The minimum absolute atomic E-state index is 0.0141. The van der Waals surface area contributed by atoms with Gasteiger partial charge in [-0.2, -0.15) is 0 Å². The van der Waals surface area contributed by atoms with E-state index in [0.29, 0.717) is 31.6 Å². The highest BCUT2D eigenvalue weighted by molar-refractivity contribution is 6.01. The van der Waals surface area contributed by atoms with Crippen LogP contribution in [0.5, 0.6) is 11.5 Å². The SMILES string of the molecule is COc1cccc(CCCNC(=O)[C@@H]2CC(=O)N[C@H](CC(C)C)C(=O)N[C@@H](Cc3ccccc3)C(=O)NCCCOc3ccccc3C(=O)N2)c1. The van der Waals surface area contributed by atoms with Crippen molar-refractivity contribution >= 4 is 29.5 Å². The van der Waals surface area contributed by atoms with Crippen molar-refractivity contribution in [3.63, 3.8) is 0 Å². The zero-order valence-corrected chi connectivity index (χ0v) is 29.5. The molecule has 0 fully saturated rings. The van der Waals surface area contributed by atoms with Crippen LogP contribution in [-0.4, -0.2) is 74.5 Å². The van der Waals surface area contributed by atoms with Gasteiger partial charge in [-0.05, 0) is 67.0 Å². The number of hydrogen-bond donors (Lipinski definition) is 5. The summed E-state index contributed by atoms with van der Waals surface area (Å²) in [5.74, 6) is -1.57. The lowest BCUT2D eigenvalue weighted by atomic mass is 10.0. The average Bonchev–Trinajstić information content (AvgIpc) is 3.12. The van der Waals surface area contributed by atoms with Crippen LogP contribution in [0, 0.1) is 5.92 Å². The second-order valence-electron chi connectivity index (χ2n) is 13.0. The van der Waals surface area contributed by atoms with Crippen LogP contribution in [0.2, 0.25) is 0 Å². The molecular formula is C39H49N5O7. The standard InChI is InChI=1S/C39H49N5O7/c1-26(2)22-31-39(49)44-32(24-28-12-5-4-6-13-28)37(47)41-20-11-21-51-34-18-8-7-17-30(34)36(46)43-33(25-35(45)42-31)38(48)40-19-10-15-27-14-9-16-29(23-27)50-3/h4-9,12-14,16-18,23,26,31-33H,10-11,15,19-22,24-25H2,1-3H3,(H,40,48)(H,41,47)(H,42,45)(H,43,46)(H,44,49)/t31-,32+,33+/m1/s1. The molecule has 12 heteroatoms. The van der Waals surface area contributed by atoms with Gasteiger partial charge in [-0.25, -0.2) is 0 Å². The molecule has 1 heterocycles. The van der Waals surface area contributed by atoms with Gasteiger partial charge in [-0.1, -0.05) is 68.4 Å². The smallest absolute Gasteiger partial charge is 0.255 e. The van der Waals surface area contributed by atoms with E-state index in [0.717, 1.165) is 16.9 Å². The molecule has 0 radical (unpaired) electrons. The van der Waals surface area contributed by atoms with Crippen molar-refractivity contribution in [3.05, 3.63) is 95.6 Å². The first-order valence-electron chi connectivity index (χ1n) is 17.5. The Hall–Kier alpha value is -5.39. The third kappa shape index (κ3) is 12.5. The van der Waals surface area contributed by atoms with E-state index < -0.39 is 48.2 Å². The quantitative estimate of drug-likeness (QED) is 0.203. The average molecular weight is 700 g/mol. The van der Waals surface area contributed by atoms with Crippen LogP contribution in [0.3, 0.4) is 0 Å². The predicted octanol–water partition coefficient (Wildman–Crippen LogP) is 3.09. The monoisotopic (exact) mass is 699 g/mol. The number of benzene rings is 3. The van der Waals surface area contributed by atoms with Gasteiger partial charge in [0, 0.05) is 19.5 Å². The lowest BCUT2D eigenvalue weighted by molar-refractivity contribution is -0.133. The highest BCUT2D eigenvalue weighted by Gasteiger charge is 2.31. The summed E-state index contributed by atoms with van der Waals surface area (Å²) in [5, 5.41) is 14.1. The van der Waals surface area contributed by atoms with Crippen LogP contribution in [0.25, 0.3) is 0 Å². The van der Waals surface area contributed by atoms with Crippen LogP contribution >= 0.6 is 0 Å². The molecule has 51 heavy (non-hydrogen) atoms. The fourth-order valence-corrected chi connectivity index (χ4v) is 5.74. The predicted molar refractivity (Wildman–Crippen MR) is 193 cm³/mol. The zero-order chi connectivity index (χ0) is 36.6. The molecule has 0 aromatic heterocycles. The summed E-state index contributed by atoms with van der Waals surface area (Å²) >= 11 is 0. The van der Waals surface area contributed by atoms with E-state index in [1.165, 1.54) is 0 Å². The van der Waals surface area contributed by atoms with E-state index in [2.05, 4.69) is 26.6 Å². The van der Waals surface area contributed by atoms with Gasteiger partial charge in [-0.3, -0.25) is 24.0 Å². The van der Waals surface area contributed by atoms with E-state index in [4.69, 9.17) is 9.47 Å². The van der Waals surface area contributed by atoms with Crippen LogP contribution in [-0.2, 0) is 32.0 Å². The zero-order valence-electron chi connectivity index (χ0n) is 29.5. The van der Waals surface area contributed by atoms with Gasteiger partial charge in [0.2, 0.25) is 23.6 Å². The third-order valence-corrected chi connectivity index (χ3v) is 8.37. The lowest BCUT2D eigenvalue weighted by Crippen LogP contribution is -2.56. The Kier molecular flexibility index (Phi) is 14.8. The van der Waals surface area contributed by atoms with Crippen LogP contribution in [0.1, 0.15) is 61.0 Å². The van der Waals surface area contributed by atoms with E-state index in [9.17, 15) is 24.0 Å². The molecule has 1 aliphatic heterocycles. The highest BCUT2D eigenvalue weighted by Crippen LogP contribution is 2.19. The Bertz CT molecular complexity index is 1630. The minimum atomic E-state index is -1.25. The largest absolute Gasteiger partial charge is 0.497 e. The Morgan fingerprint density at radius 1 is 0.882 bits per heavy atom. The van der Waals surface area contributed by atoms with Crippen molar-refractivity contribution in [1.82, 2.24) is 26.6 Å². The molecule has 3 aromatic rings. The van der Waals surface area contributed by atoms with Crippen molar-refractivity contribution in [2.45, 2.75) is 70.5 Å². The van der Waals surface area contributed by atoms with Crippen molar-refractivity contribution in [3.8, 4) is 11.5 Å². The number of rotatable bonds is 10. The molecule has 0 spiro atoms. The van der Waals surface area contributed by atoms with Crippen molar-refractivity contribution < 1.29 is 33.4 Å². The summed E-state index contributed by atoms with van der Waals surface area (Å²) in [6.45, 7) is 4.59. The molecule has 0 unspecified atom stereocenters. The Labute approximate surface area is 299 Å². The maximum atomic E-state index is 13.7. The van der Waals surface area contributed by atoms with Crippen LogP contribution < -0.4 is 36.1 Å². The van der Waals surface area contributed by atoms with Crippen molar-refractivity contribution in [2.24, 2.45) is 5.92 Å². The number of carbonyl (C=O) groups excluding carboxylic acids is 5. The fraction of sp³-hybridized carbons (Fsp3) is 0.410. The van der Waals surface area contributed by atoms with Gasteiger partial charge >= 0.3 is 0 Å². The molecule has 12 nitrogen and oxygen atoms in total. The minimum Gasteiger partial charge on any atom is -0.497 e. The molecule has 0 bridgehead atoms. The number of hydrogen-bond acceptors (Lipinski definition) is 7. The maximum absolute atomic E-state index is 13.7. The molecule has 4 rings (SSSR count). The van der Waals surface area contributed by atoms with Crippen molar-refractivity contribution in [2.75, 3.05) is 26.8 Å². The normalized spacial score (nSPS) is 19.2. The summed E-state index contributed by atoms with van der Waals surface area (Å²) in [6, 6.07) is 20.5. The number of para-hydroxylation sites is 1. The molecule has 272 valence electrons. The van der Waals surface area contributed by atoms with E-state index in [1.54, 1.807) is 31.4 Å². The highest BCUT2D eigenvalue weighted by atomic mass is 16.5. The first kappa shape index (κ1) is 38.4. The molecule has 5 amide bonds. The summed E-state index contributed by atoms with van der Waals surface area (Å²) in [4.78, 5) is 67.7. The van der Waals surface area contributed by atoms with Gasteiger partial charge in [0.05, 0.1) is 25.7 Å². The van der Waals surface area contributed by atoms with Gasteiger partial charge < -0.3 is 36.1 Å². The number of nitrogens with one attached hydrogen (secondary N) is 5. The molecule has 3 atom stereocenters. The third-order valence-electron chi connectivity index (χ3n) is 8.37. The second-order valence-corrected chi connectivity index (χ2v) is 13.0. The number of aryl methyl sites for hydroxylation is 1.